The fraction of sp³-hybridized carbons (Fsp3) is 0.385. The molecular formula is C13H15F2N3O2. The zero-order valence-corrected chi connectivity index (χ0v) is 11.2. The number of rotatable bonds is 6. The fourth-order valence-electron chi connectivity index (χ4n) is 1.75. The van der Waals surface area contributed by atoms with E-state index >= 15 is 0 Å². The first-order valence-corrected chi connectivity index (χ1v) is 6.08. The van der Waals surface area contributed by atoms with Crippen molar-refractivity contribution in [3.8, 4) is 11.4 Å². The summed E-state index contributed by atoms with van der Waals surface area (Å²) in [6, 6.07) is 3.51. The maximum atomic E-state index is 13.1. The Labute approximate surface area is 114 Å². The highest BCUT2D eigenvalue weighted by Crippen LogP contribution is 2.19. The van der Waals surface area contributed by atoms with Crippen molar-refractivity contribution in [3.63, 3.8) is 0 Å². The van der Waals surface area contributed by atoms with Crippen LogP contribution in [0.2, 0.25) is 0 Å². The molecule has 1 aromatic carbocycles. The van der Waals surface area contributed by atoms with E-state index in [4.69, 9.17) is 9.26 Å². The van der Waals surface area contributed by atoms with Gasteiger partial charge in [-0.1, -0.05) is 5.16 Å². The SMILES string of the molecule is CNC(COC)Cc1nc(-c2ccc(F)c(F)c2)no1. The van der Waals surface area contributed by atoms with Crippen molar-refractivity contribution in [2.45, 2.75) is 12.5 Å². The molecule has 1 heterocycles. The normalized spacial score (nSPS) is 12.6. The van der Waals surface area contributed by atoms with Gasteiger partial charge in [0.15, 0.2) is 11.6 Å². The molecule has 1 atom stereocenters. The van der Waals surface area contributed by atoms with E-state index in [-0.39, 0.29) is 11.9 Å². The first-order chi connectivity index (χ1) is 9.63. The lowest BCUT2D eigenvalue weighted by Gasteiger charge is -2.11. The Kier molecular flexibility index (Phi) is 4.75. The highest BCUT2D eigenvalue weighted by Gasteiger charge is 2.15. The summed E-state index contributed by atoms with van der Waals surface area (Å²) in [6.07, 6.45) is 0.487. The third kappa shape index (κ3) is 3.37. The van der Waals surface area contributed by atoms with Crippen molar-refractivity contribution in [1.82, 2.24) is 15.5 Å². The van der Waals surface area contributed by atoms with E-state index in [1.165, 1.54) is 6.07 Å². The first-order valence-electron chi connectivity index (χ1n) is 6.08. The third-order valence-electron chi connectivity index (χ3n) is 2.84. The number of aromatic nitrogens is 2. The van der Waals surface area contributed by atoms with Crippen LogP contribution in [-0.2, 0) is 11.2 Å². The van der Waals surface area contributed by atoms with Crippen molar-refractivity contribution < 1.29 is 18.0 Å². The fourth-order valence-corrected chi connectivity index (χ4v) is 1.75. The number of nitrogens with one attached hydrogen (secondary N) is 1. The number of hydrogen-bond donors (Lipinski definition) is 1. The molecule has 0 amide bonds. The van der Waals surface area contributed by atoms with Gasteiger partial charge in [-0.15, -0.1) is 0 Å². The molecule has 0 aliphatic heterocycles. The molecule has 0 aliphatic rings. The molecule has 108 valence electrons. The molecular weight excluding hydrogens is 268 g/mol. The number of nitrogens with zero attached hydrogens (tertiary/aromatic N) is 2. The highest BCUT2D eigenvalue weighted by molar-refractivity contribution is 5.54. The number of methoxy groups -OCH3 is 1. The van der Waals surface area contributed by atoms with Crippen LogP contribution < -0.4 is 5.32 Å². The van der Waals surface area contributed by atoms with Crippen LogP contribution in [0.1, 0.15) is 5.89 Å². The Bertz CT molecular complexity index is 574. The molecule has 0 bridgehead atoms. The van der Waals surface area contributed by atoms with Crippen molar-refractivity contribution in [2.75, 3.05) is 20.8 Å². The van der Waals surface area contributed by atoms with Gasteiger partial charge in [0.2, 0.25) is 11.7 Å². The van der Waals surface area contributed by atoms with Crippen LogP contribution in [0.3, 0.4) is 0 Å². The van der Waals surface area contributed by atoms with E-state index in [0.29, 0.717) is 24.5 Å². The van der Waals surface area contributed by atoms with E-state index in [2.05, 4.69) is 15.5 Å². The lowest BCUT2D eigenvalue weighted by Crippen LogP contribution is -2.32. The molecule has 0 spiro atoms. The maximum absolute atomic E-state index is 13.1. The lowest BCUT2D eigenvalue weighted by atomic mass is 10.2. The highest BCUT2D eigenvalue weighted by atomic mass is 19.2. The molecule has 0 saturated carbocycles. The van der Waals surface area contributed by atoms with Gasteiger partial charge in [0.25, 0.3) is 0 Å². The predicted molar refractivity (Wildman–Crippen MR) is 68.1 cm³/mol. The van der Waals surface area contributed by atoms with E-state index in [0.717, 1.165) is 12.1 Å². The predicted octanol–water partition coefficient (Wildman–Crippen LogP) is 1.79. The second-order valence-electron chi connectivity index (χ2n) is 4.29. The van der Waals surface area contributed by atoms with Gasteiger partial charge in [0.1, 0.15) is 0 Å². The van der Waals surface area contributed by atoms with Gasteiger partial charge in [-0.25, -0.2) is 8.78 Å². The Morgan fingerprint density at radius 2 is 2.15 bits per heavy atom. The first kappa shape index (κ1) is 14.5. The van der Waals surface area contributed by atoms with E-state index in [9.17, 15) is 8.78 Å². The topological polar surface area (TPSA) is 60.2 Å². The van der Waals surface area contributed by atoms with Crippen LogP contribution in [0.15, 0.2) is 22.7 Å². The molecule has 0 fully saturated rings. The minimum Gasteiger partial charge on any atom is -0.383 e. The molecule has 0 radical (unpaired) electrons. The van der Waals surface area contributed by atoms with Gasteiger partial charge < -0.3 is 14.6 Å². The zero-order chi connectivity index (χ0) is 14.5. The minimum atomic E-state index is -0.943. The third-order valence-corrected chi connectivity index (χ3v) is 2.84. The summed E-state index contributed by atoms with van der Waals surface area (Å²) in [5.41, 5.74) is 0.367. The van der Waals surface area contributed by atoms with Crippen LogP contribution in [0.5, 0.6) is 0 Å². The largest absolute Gasteiger partial charge is 0.383 e. The summed E-state index contributed by atoms with van der Waals surface area (Å²) in [4.78, 5) is 4.16. The Morgan fingerprint density at radius 1 is 1.35 bits per heavy atom. The van der Waals surface area contributed by atoms with Crippen LogP contribution in [0.25, 0.3) is 11.4 Å². The van der Waals surface area contributed by atoms with E-state index in [1.54, 1.807) is 14.2 Å². The minimum absolute atomic E-state index is 0.0400. The van der Waals surface area contributed by atoms with Gasteiger partial charge >= 0.3 is 0 Å². The summed E-state index contributed by atoms with van der Waals surface area (Å²) < 4.78 is 36.1. The van der Waals surface area contributed by atoms with E-state index < -0.39 is 11.6 Å². The number of benzene rings is 1. The standard InChI is InChI=1S/C13H15F2N3O2/c1-16-9(7-19-2)6-12-17-13(18-20-12)8-3-4-10(14)11(15)5-8/h3-5,9,16H,6-7H2,1-2H3. The molecule has 0 saturated heterocycles. The Morgan fingerprint density at radius 3 is 2.80 bits per heavy atom. The van der Waals surface area contributed by atoms with Crippen molar-refractivity contribution in [3.05, 3.63) is 35.7 Å². The second-order valence-corrected chi connectivity index (χ2v) is 4.29. The summed E-state index contributed by atoms with van der Waals surface area (Å²) in [6.45, 7) is 0.499. The monoisotopic (exact) mass is 283 g/mol. The van der Waals surface area contributed by atoms with Gasteiger partial charge in [-0.05, 0) is 25.2 Å². The molecule has 0 aliphatic carbocycles. The molecule has 2 aromatic rings. The second kappa shape index (κ2) is 6.53. The van der Waals surface area contributed by atoms with Gasteiger partial charge in [-0.3, -0.25) is 0 Å². The van der Waals surface area contributed by atoms with Gasteiger partial charge in [0, 0.05) is 25.1 Å². The van der Waals surface area contributed by atoms with E-state index in [1.807, 2.05) is 0 Å². The smallest absolute Gasteiger partial charge is 0.228 e. The number of hydrogen-bond acceptors (Lipinski definition) is 5. The molecule has 1 N–H and O–H groups in total. The Hall–Kier alpha value is -1.86. The lowest BCUT2D eigenvalue weighted by molar-refractivity contribution is 0.165. The van der Waals surface area contributed by atoms with Crippen LogP contribution in [0, 0.1) is 11.6 Å². The quantitative estimate of drug-likeness (QED) is 0.876. The van der Waals surface area contributed by atoms with Crippen LogP contribution in [-0.4, -0.2) is 36.9 Å². The molecule has 5 nitrogen and oxygen atoms in total. The average Bonchev–Trinajstić information content (AvgIpc) is 2.90. The average molecular weight is 283 g/mol. The van der Waals surface area contributed by atoms with Crippen molar-refractivity contribution >= 4 is 0 Å². The molecule has 1 aromatic heterocycles. The van der Waals surface area contributed by atoms with Crippen LogP contribution >= 0.6 is 0 Å². The number of ether oxygens (including phenoxy) is 1. The summed E-state index contributed by atoms with van der Waals surface area (Å²) in [5, 5.41) is 6.82. The van der Waals surface area contributed by atoms with Gasteiger partial charge in [-0.2, -0.15) is 4.98 Å². The van der Waals surface area contributed by atoms with Gasteiger partial charge in [0.05, 0.1) is 6.61 Å². The van der Waals surface area contributed by atoms with Crippen molar-refractivity contribution in [1.29, 1.82) is 0 Å². The Balaban J connectivity index is 2.13. The number of likely N-dealkylation sites (N-methyl/N-ethyl adjacent to an activating group) is 1. The summed E-state index contributed by atoms with van der Waals surface area (Å²) in [5.74, 6) is -1.22. The molecule has 2 rings (SSSR count). The van der Waals surface area contributed by atoms with Crippen molar-refractivity contribution in [2.24, 2.45) is 0 Å². The molecule has 1 unspecified atom stereocenters. The van der Waals surface area contributed by atoms with Crippen LogP contribution in [0.4, 0.5) is 8.78 Å². The maximum Gasteiger partial charge on any atom is 0.228 e. The summed E-state index contributed by atoms with van der Waals surface area (Å²) >= 11 is 0. The molecule has 20 heavy (non-hydrogen) atoms. The number of halogens is 2. The zero-order valence-electron chi connectivity index (χ0n) is 11.2. The summed E-state index contributed by atoms with van der Waals surface area (Å²) in [7, 11) is 3.40. The molecule has 7 heteroatoms.